The SMILES string of the molecule is CN=C(NCCCCSC)NCC(=O)Nc1cccnc1. The summed E-state index contributed by atoms with van der Waals surface area (Å²) in [5.41, 5.74) is 0.685. The lowest BCUT2D eigenvalue weighted by Crippen LogP contribution is -2.41. The number of pyridine rings is 1. The van der Waals surface area contributed by atoms with Gasteiger partial charge in [-0.15, -0.1) is 0 Å². The molecule has 0 aliphatic carbocycles. The van der Waals surface area contributed by atoms with Crippen LogP contribution in [-0.2, 0) is 4.79 Å². The third kappa shape index (κ3) is 8.19. The van der Waals surface area contributed by atoms with Gasteiger partial charge in [0.05, 0.1) is 18.4 Å². The zero-order valence-electron chi connectivity index (χ0n) is 12.6. The quantitative estimate of drug-likeness (QED) is 0.383. The van der Waals surface area contributed by atoms with Gasteiger partial charge in [0, 0.05) is 19.8 Å². The molecule has 1 rings (SSSR count). The first-order valence-electron chi connectivity index (χ1n) is 6.89. The molecule has 0 unspecified atom stereocenters. The van der Waals surface area contributed by atoms with Gasteiger partial charge in [0.15, 0.2) is 5.96 Å². The first kappa shape index (κ1) is 17.3. The second kappa shape index (κ2) is 11.0. The maximum Gasteiger partial charge on any atom is 0.243 e. The van der Waals surface area contributed by atoms with Gasteiger partial charge >= 0.3 is 0 Å². The number of anilines is 1. The molecule has 3 N–H and O–H groups in total. The summed E-state index contributed by atoms with van der Waals surface area (Å²) in [7, 11) is 1.69. The highest BCUT2D eigenvalue weighted by Gasteiger charge is 2.03. The Morgan fingerprint density at radius 1 is 1.38 bits per heavy atom. The van der Waals surface area contributed by atoms with Crippen LogP contribution in [0.4, 0.5) is 5.69 Å². The predicted octanol–water partition coefficient (Wildman–Crippen LogP) is 1.33. The lowest BCUT2D eigenvalue weighted by atomic mass is 10.3. The largest absolute Gasteiger partial charge is 0.356 e. The van der Waals surface area contributed by atoms with E-state index in [2.05, 4.69) is 32.2 Å². The Morgan fingerprint density at radius 3 is 2.90 bits per heavy atom. The van der Waals surface area contributed by atoms with Crippen LogP contribution < -0.4 is 16.0 Å². The van der Waals surface area contributed by atoms with Crippen molar-refractivity contribution in [1.29, 1.82) is 0 Å². The molecule has 1 aromatic heterocycles. The van der Waals surface area contributed by atoms with E-state index in [4.69, 9.17) is 0 Å². The van der Waals surface area contributed by atoms with Crippen LogP contribution >= 0.6 is 11.8 Å². The topological polar surface area (TPSA) is 78.4 Å². The second-order valence-electron chi connectivity index (χ2n) is 4.34. The molecular formula is C14H23N5OS. The molecule has 116 valence electrons. The van der Waals surface area contributed by atoms with Crippen LogP contribution in [-0.4, -0.2) is 49.0 Å². The molecule has 0 radical (unpaired) electrons. The molecule has 0 atom stereocenters. The fourth-order valence-corrected chi connectivity index (χ4v) is 2.10. The fourth-order valence-electron chi connectivity index (χ4n) is 1.60. The highest BCUT2D eigenvalue weighted by molar-refractivity contribution is 7.98. The molecule has 0 spiro atoms. The van der Waals surface area contributed by atoms with Crippen molar-refractivity contribution in [1.82, 2.24) is 15.6 Å². The number of thioether (sulfide) groups is 1. The molecule has 0 aromatic carbocycles. The molecule has 0 bridgehead atoms. The van der Waals surface area contributed by atoms with Gasteiger partial charge < -0.3 is 16.0 Å². The zero-order chi connectivity index (χ0) is 15.3. The number of unbranched alkanes of at least 4 members (excludes halogenated alkanes) is 1. The average Bonchev–Trinajstić information content (AvgIpc) is 2.51. The van der Waals surface area contributed by atoms with Crippen LogP contribution in [0.2, 0.25) is 0 Å². The number of guanidine groups is 1. The fraction of sp³-hybridized carbons (Fsp3) is 0.500. The first-order valence-corrected chi connectivity index (χ1v) is 8.29. The third-order valence-corrected chi connectivity index (χ3v) is 3.35. The summed E-state index contributed by atoms with van der Waals surface area (Å²) in [5.74, 6) is 1.68. The molecule has 1 amide bonds. The Bertz CT molecular complexity index is 438. The maximum absolute atomic E-state index is 11.8. The van der Waals surface area contributed by atoms with Crippen molar-refractivity contribution in [2.45, 2.75) is 12.8 Å². The number of nitrogens with zero attached hydrogens (tertiary/aromatic N) is 2. The van der Waals surface area contributed by atoms with Gasteiger partial charge in [-0.05, 0) is 37.0 Å². The van der Waals surface area contributed by atoms with Crippen LogP contribution in [0, 0.1) is 0 Å². The van der Waals surface area contributed by atoms with Crippen molar-refractivity contribution in [2.75, 3.05) is 37.5 Å². The van der Waals surface area contributed by atoms with Crippen LogP contribution in [0.15, 0.2) is 29.5 Å². The van der Waals surface area contributed by atoms with Crippen LogP contribution in [0.5, 0.6) is 0 Å². The van der Waals surface area contributed by atoms with Crippen LogP contribution in [0.1, 0.15) is 12.8 Å². The van der Waals surface area contributed by atoms with Gasteiger partial charge in [-0.1, -0.05) is 0 Å². The zero-order valence-corrected chi connectivity index (χ0v) is 13.4. The molecule has 0 saturated carbocycles. The minimum atomic E-state index is -0.131. The average molecular weight is 309 g/mol. The van der Waals surface area contributed by atoms with Gasteiger partial charge in [-0.2, -0.15) is 11.8 Å². The number of aliphatic imine (C=N–C) groups is 1. The summed E-state index contributed by atoms with van der Waals surface area (Å²) >= 11 is 1.85. The first-order chi connectivity index (χ1) is 10.3. The molecule has 0 saturated heterocycles. The van der Waals surface area contributed by atoms with Gasteiger partial charge in [0.25, 0.3) is 0 Å². The number of carbonyl (C=O) groups excluding carboxylic acids is 1. The predicted molar refractivity (Wildman–Crippen MR) is 89.8 cm³/mol. The van der Waals surface area contributed by atoms with Gasteiger partial charge in [0.1, 0.15) is 0 Å². The Balaban J connectivity index is 2.20. The van der Waals surface area contributed by atoms with Crippen LogP contribution in [0.3, 0.4) is 0 Å². The summed E-state index contributed by atoms with van der Waals surface area (Å²) in [6.45, 7) is 1.02. The maximum atomic E-state index is 11.8. The Kier molecular flexibility index (Phi) is 9.03. The number of amides is 1. The van der Waals surface area contributed by atoms with Crippen molar-refractivity contribution in [2.24, 2.45) is 4.99 Å². The van der Waals surface area contributed by atoms with E-state index >= 15 is 0 Å². The second-order valence-corrected chi connectivity index (χ2v) is 5.33. The number of rotatable bonds is 8. The van der Waals surface area contributed by atoms with E-state index in [1.54, 1.807) is 31.6 Å². The lowest BCUT2D eigenvalue weighted by molar-refractivity contribution is -0.115. The van der Waals surface area contributed by atoms with Crippen LogP contribution in [0.25, 0.3) is 0 Å². The normalized spacial score (nSPS) is 11.0. The standard InChI is InChI=1S/C14H23N5OS/c1-15-14(17-8-3-4-9-21-2)18-11-13(20)19-12-6-5-7-16-10-12/h5-7,10H,3-4,8-9,11H2,1-2H3,(H,19,20)(H2,15,17,18). The van der Waals surface area contributed by atoms with Crippen molar-refractivity contribution >= 4 is 29.3 Å². The minimum absolute atomic E-state index is 0.131. The summed E-state index contributed by atoms with van der Waals surface area (Å²) in [6, 6.07) is 3.57. The van der Waals surface area contributed by atoms with E-state index in [-0.39, 0.29) is 12.5 Å². The van der Waals surface area contributed by atoms with E-state index < -0.39 is 0 Å². The van der Waals surface area contributed by atoms with Gasteiger partial charge in [-0.25, -0.2) is 0 Å². The van der Waals surface area contributed by atoms with E-state index in [0.29, 0.717) is 11.6 Å². The Morgan fingerprint density at radius 2 is 2.24 bits per heavy atom. The van der Waals surface area contributed by atoms with E-state index in [1.807, 2.05) is 11.8 Å². The van der Waals surface area contributed by atoms with Crippen molar-refractivity contribution in [3.63, 3.8) is 0 Å². The smallest absolute Gasteiger partial charge is 0.243 e. The third-order valence-electron chi connectivity index (χ3n) is 2.65. The summed E-state index contributed by atoms with van der Waals surface area (Å²) in [6.07, 6.45) is 7.64. The molecule has 21 heavy (non-hydrogen) atoms. The van der Waals surface area contributed by atoms with E-state index in [9.17, 15) is 4.79 Å². The monoisotopic (exact) mass is 309 g/mol. The van der Waals surface area contributed by atoms with Crippen molar-refractivity contribution in [3.8, 4) is 0 Å². The summed E-state index contributed by atoms with van der Waals surface area (Å²) < 4.78 is 0. The Hall–Kier alpha value is -1.76. The highest BCUT2D eigenvalue weighted by atomic mass is 32.2. The van der Waals surface area contributed by atoms with Crippen molar-refractivity contribution in [3.05, 3.63) is 24.5 Å². The number of carbonyl (C=O) groups is 1. The number of nitrogens with one attached hydrogen (secondary N) is 3. The molecule has 0 aliphatic rings. The molecule has 1 heterocycles. The molecule has 1 aromatic rings. The molecular weight excluding hydrogens is 286 g/mol. The lowest BCUT2D eigenvalue weighted by Gasteiger charge is -2.11. The van der Waals surface area contributed by atoms with Gasteiger partial charge in [0.2, 0.25) is 5.91 Å². The summed E-state index contributed by atoms with van der Waals surface area (Å²) in [5, 5.41) is 8.92. The Labute approximate surface area is 130 Å². The molecule has 0 aliphatic heterocycles. The van der Waals surface area contributed by atoms with Crippen molar-refractivity contribution < 1.29 is 4.79 Å². The van der Waals surface area contributed by atoms with Gasteiger partial charge in [-0.3, -0.25) is 14.8 Å². The molecule has 0 fully saturated rings. The minimum Gasteiger partial charge on any atom is -0.356 e. The molecule has 7 heteroatoms. The molecule has 6 nitrogen and oxygen atoms in total. The highest BCUT2D eigenvalue weighted by Crippen LogP contribution is 2.01. The van der Waals surface area contributed by atoms with E-state index in [1.165, 1.54) is 12.2 Å². The number of aromatic nitrogens is 1. The van der Waals surface area contributed by atoms with E-state index in [0.717, 1.165) is 13.0 Å². The number of hydrogen-bond acceptors (Lipinski definition) is 4. The number of hydrogen-bond donors (Lipinski definition) is 3. The summed E-state index contributed by atoms with van der Waals surface area (Å²) in [4.78, 5) is 19.8.